The van der Waals surface area contributed by atoms with Gasteiger partial charge in [-0.2, -0.15) is 0 Å². The molecule has 0 aromatic heterocycles. The number of rotatable bonds is 4. The van der Waals surface area contributed by atoms with Crippen LogP contribution >= 0.6 is 22.6 Å². The van der Waals surface area contributed by atoms with E-state index >= 15 is 0 Å². The second-order valence-electron chi connectivity index (χ2n) is 4.06. The molecular formula is C13H9FINO4S. The van der Waals surface area contributed by atoms with Crippen LogP contribution in [0.2, 0.25) is 0 Å². The van der Waals surface area contributed by atoms with Gasteiger partial charge in [0.1, 0.15) is 10.7 Å². The number of hydrogen-bond acceptors (Lipinski definition) is 3. The molecule has 21 heavy (non-hydrogen) atoms. The van der Waals surface area contributed by atoms with Crippen molar-refractivity contribution in [1.29, 1.82) is 0 Å². The van der Waals surface area contributed by atoms with Crippen molar-refractivity contribution >= 4 is 44.3 Å². The molecule has 0 bridgehead atoms. The van der Waals surface area contributed by atoms with E-state index in [2.05, 4.69) is 27.3 Å². The van der Waals surface area contributed by atoms with Crippen molar-refractivity contribution in [2.45, 2.75) is 4.90 Å². The molecule has 0 atom stereocenters. The second-order valence-corrected chi connectivity index (χ2v) is 6.96. The van der Waals surface area contributed by atoms with Gasteiger partial charge in [-0.25, -0.2) is 17.6 Å². The molecule has 0 aliphatic carbocycles. The predicted molar refractivity (Wildman–Crippen MR) is 83.3 cm³/mol. The first-order valence-corrected chi connectivity index (χ1v) is 8.17. The summed E-state index contributed by atoms with van der Waals surface area (Å²) in [5.41, 5.74) is -0.0298. The van der Waals surface area contributed by atoms with Gasteiger partial charge in [-0.15, -0.1) is 0 Å². The Morgan fingerprint density at radius 3 is 2.29 bits per heavy atom. The fourth-order valence-corrected chi connectivity index (χ4v) is 3.06. The number of carbonyl (C=O) groups is 1. The van der Waals surface area contributed by atoms with E-state index in [9.17, 15) is 17.6 Å². The van der Waals surface area contributed by atoms with Gasteiger partial charge in [-0.1, -0.05) is 0 Å². The molecule has 0 fully saturated rings. The summed E-state index contributed by atoms with van der Waals surface area (Å²) in [6, 6.07) is 9.11. The van der Waals surface area contributed by atoms with Crippen molar-refractivity contribution in [2.75, 3.05) is 4.72 Å². The molecule has 2 rings (SSSR count). The molecule has 0 radical (unpaired) electrons. The summed E-state index contributed by atoms with van der Waals surface area (Å²) < 4.78 is 41.1. The number of halogens is 2. The van der Waals surface area contributed by atoms with Crippen molar-refractivity contribution in [2.24, 2.45) is 0 Å². The Balaban J connectivity index is 2.35. The van der Waals surface area contributed by atoms with Gasteiger partial charge in [0, 0.05) is 9.26 Å². The van der Waals surface area contributed by atoms with Gasteiger partial charge in [0.25, 0.3) is 10.0 Å². The summed E-state index contributed by atoms with van der Waals surface area (Å²) in [7, 11) is -4.12. The largest absolute Gasteiger partial charge is 0.478 e. The molecule has 0 spiro atoms. The lowest BCUT2D eigenvalue weighted by Gasteiger charge is -2.09. The van der Waals surface area contributed by atoms with E-state index in [0.717, 1.165) is 15.7 Å². The average molecular weight is 421 g/mol. The number of carboxylic acid groups (broad SMARTS) is 1. The first-order chi connectivity index (χ1) is 9.79. The zero-order chi connectivity index (χ0) is 15.6. The minimum atomic E-state index is -4.12. The van der Waals surface area contributed by atoms with Crippen LogP contribution in [0.3, 0.4) is 0 Å². The average Bonchev–Trinajstić information content (AvgIpc) is 2.40. The number of sulfonamides is 1. The maximum absolute atomic E-state index is 13.8. The number of nitrogens with one attached hydrogen (secondary N) is 1. The van der Waals surface area contributed by atoms with Crippen LogP contribution in [0.15, 0.2) is 47.4 Å². The molecule has 0 aliphatic heterocycles. The Kier molecular flexibility index (Phi) is 4.47. The lowest BCUT2D eigenvalue weighted by Crippen LogP contribution is -2.15. The van der Waals surface area contributed by atoms with Crippen LogP contribution < -0.4 is 4.72 Å². The third kappa shape index (κ3) is 3.70. The van der Waals surface area contributed by atoms with E-state index in [1.165, 1.54) is 0 Å². The molecule has 2 N–H and O–H groups in total. The molecule has 0 aliphatic rings. The number of benzene rings is 2. The van der Waals surface area contributed by atoms with Crippen molar-refractivity contribution in [3.05, 3.63) is 57.4 Å². The smallest absolute Gasteiger partial charge is 0.335 e. The van der Waals surface area contributed by atoms with E-state index in [1.807, 2.05) is 0 Å². The summed E-state index contributed by atoms with van der Waals surface area (Å²) in [5, 5.41) is 8.73. The Labute approximate surface area is 134 Å². The highest BCUT2D eigenvalue weighted by Gasteiger charge is 2.20. The van der Waals surface area contributed by atoms with Crippen LogP contribution in [0, 0.1) is 9.39 Å². The van der Waals surface area contributed by atoms with E-state index in [4.69, 9.17) is 5.11 Å². The minimum Gasteiger partial charge on any atom is -0.478 e. The molecule has 0 saturated heterocycles. The van der Waals surface area contributed by atoms with Crippen LogP contribution in [0.1, 0.15) is 10.4 Å². The van der Waals surface area contributed by atoms with E-state index in [1.54, 1.807) is 24.3 Å². The van der Waals surface area contributed by atoms with Crippen LogP contribution in [0.4, 0.5) is 10.1 Å². The van der Waals surface area contributed by atoms with Crippen molar-refractivity contribution in [3.8, 4) is 0 Å². The molecular weight excluding hydrogens is 412 g/mol. The molecule has 2 aromatic carbocycles. The van der Waals surface area contributed by atoms with Crippen molar-refractivity contribution in [1.82, 2.24) is 0 Å². The summed E-state index contributed by atoms with van der Waals surface area (Å²) in [6.45, 7) is 0. The van der Waals surface area contributed by atoms with E-state index in [0.29, 0.717) is 6.07 Å². The van der Waals surface area contributed by atoms with Gasteiger partial charge in [0.2, 0.25) is 0 Å². The summed E-state index contributed by atoms with van der Waals surface area (Å²) >= 11 is 2.07. The SMILES string of the molecule is O=C(O)c1ccc(S(=O)(=O)Nc2ccc(I)cc2)c(F)c1. The Bertz CT molecular complexity index is 790. The number of hydrogen-bond donors (Lipinski definition) is 2. The number of aromatic carboxylic acids is 1. The molecule has 0 heterocycles. The second kappa shape index (κ2) is 5.98. The summed E-state index contributed by atoms with van der Waals surface area (Å²) in [6.07, 6.45) is 0. The standard InChI is InChI=1S/C13H9FINO4S/c14-11-7-8(13(17)18)1-6-12(11)21(19,20)16-10-4-2-9(15)3-5-10/h1-7,16H,(H,17,18). The van der Waals surface area contributed by atoms with Gasteiger partial charge in [-0.3, -0.25) is 4.72 Å². The fraction of sp³-hybridized carbons (Fsp3) is 0. The summed E-state index contributed by atoms with van der Waals surface area (Å²) in [4.78, 5) is 10.1. The van der Waals surface area contributed by atoms with Gasteiger partial charge < -0.3 is 5.11 Å². The molecule has 110 valence electrons. The topological polar surface area (TPSA) is 83.5 Å². The molecule has 0 saturated carbocycles. The Morgan fingerprint density at radius 1 is 1.14 bits per heavy atom. The maximum Gasteiger partial charge on any atom is 0.335 e. The fourth-order valence-electron chi connectivity index (χ4n) is 1.58. The van der Waals surface area contributed by atoms with Gasteiger partial charge in [-0.05, 0) is 65.1 Å². The number of carboxylic acids is 1. The molecule has 0 amide bonds. The molecule has 8 heteroatoms. The first kappa shape index (κ1) is 15.7. The van der Waals surface area contributed by atoms with Gasteiger partial charge in [0.05, 0.1) is 5.56 Å². The van der Waals surface area contributed by atoms with Crippen LogP contribution in [0.25, 0.3) is 0 Å². The lowest BCUT2D eigenvalue weighted by atomic mass is 10.2. The zero-order valence-corrected chi connectivity index (χ0v) is 13.4. The molecule has 2 aromatic rings. The van der Waals surface area contributed by atoms with Crippen molar-refractivity contribution in [3.63, 3.8) is 0 Å². The maximum atomic E-state index is 13.8. The van der Waals surface area contributed by atoms with E-state index < -0.39 is 26.7 Å². The van der Waals surface area contributed by atoms with Crippen LogP contribution in [-0.4, -0.2) is 19.5 Å². The number of anilines is 1. The molecule has 5 nitrogen and oxygen atoms in total. The van der Waals surface area contributed by atoms with Crippen LogP contribution in [-0.2, 0) is 10.0 Å². The highest BCUT2D eigenvalue weighted by molar-refractivity contribution is 14.1. The summed E-state index contributed by atoms with van der Waals surface area (Å²) in [5.74, 6) is -2.45. The van der Waals surface area contributed by atoms with Crippen molar-refractivity contribution < 1.29 is 22.7 Å². The Hall–Kier alpha value is -1.68. The third-order valence-corrected chi connectivity index (χ3v) is 4.70. The zero-order valence-electron chi connectivity index (χ0n) is 10.4. The monoisotopic (exact) mass is 421 g/mol. The Morgan fingerprint density at radius 2 is 1.76 bits per heavy atom. The lowest BCUT2D eigenvalue weighted by molar-refractivity contribution is 0.0696. The van der Waals surface area contributed by atoms with Gasteiger partial charge >= 0.3 is 5.97 Å². The predicted octanol–water partition coefficient (Wildman–Crippen LogP) is 2.93. The molecule has 0 unspecified atom stereocenters. The first-order valence-electron chi connectivity index (χ1n) is 5.61. The third-order valence-electron chi connectivity index (χ3n) is 2.56. The highest BCUT2D eigenvalue weighted by Crippen LogP contribution is 2.20. The quantitative estimate of drug-likeness (QED) is 0.744. The normalized spacial score (nSPS) is 11.1. The van der Waals surface area contributed by atoms with E-state index in [-0.39, 0.29) is 11.3 Å². The highest BCUT2D eigenvalue weighted by atomic mass is 127. The van der Waals surface area contributed by atoms with Gasteiger partial charge in [0.15, 0.2) is 0 Å². The van der Waals surface area contributed by atoms with Crippen LogP contribution in [0.5, 0.6) is 0 Å². The minimum absolute atomic E-state index is 0.289.